The fourth-order valence-corrected chi connectivity index (χ4v) is 2.99. The number of aryl methyl sites for hydroxylation is 1. The minimum absolute atomic E-state index is 0.0252. The van der Waals surface area contributed by atoms with Crippen LogP contribution in [0, 0.1) is 17.0 Å². The molecule has 1 N–H and O–H groups in total. The number of nitro groups is 1. The van der Waals surface area contributed by atoms with Gasteiger partial charge >= 0.3 is 0 Å². The van der Waals surface area contributed by atoms with Crippen molar-refractivity contribution >= 4 is 34.8 Å². The predicted molar refractivity (Wildman–Crippen MR) is 98.0 cm³/mol. The third kappa shape index (κ3) is 3.99. The number of para-hydroxylation sites is 1. The Labute approximate surface area is 149 Å². The summed E-state index contributed by atoms with van der Waals surface area (Å²) in [4.78, 5) is 22.0. The number of nitrogens with zero attached hydrogens (tertiary/aromatic N) is 4. The van der Waals surface area contributed by atoms with Gasteiger partial charge < -0.3 is 15.0 Å². The Morgan fingerprint density at radius 2 is 2.08 bits per heavy atom. The van der Waals surface area contributed by atoms with Gasteiger partial charge in [-0.1, -0.05) is 23.9 Å². The van der Waals surface area contributed by atoms with Crippen molar-refractivity contribution < 1.29 is 9.66 Å². The van der Waals surface area contributed by atoms with Crippen molar-refractivity contribution in [2.45, 2.75) is 12.1 Å². The summed E-state index contributed by atoms with van der Waals surface area (Å²) < 4.78 is 5.38. The Morgan fingerprint density at radius 1 is 1.32 bits per heavy atom. The lowest BCUT2D eigenvalue weighted by Gasteiger charge is -2.28. The van der Waals surface area contributed by atoms with Crippen molar-refractivity contribution in [1.29, 1.82) is 0 Å². The zero-order valence-corrected chi connectivity index (χ0v) is 14.9. The first-order valence-corrected chi connectivity index (χ1v) is 9.08. The molecule has 2 aromatic rings. The highest BCUT2D eigenvalue weighted by Crippen LogP contribution is 2.31. The van der Waals surface area contributed by atoms with Crippen molar-refractivity contribution in [2.24, 2.45) is 0 Å². The molecule has 0 aliphatic carbocycles. The normalized spacial score (nSPS) is 14.4. The van der Waals surface area contributed by atoms with E-state index in [1.807, 2.05) is 25.3 Å². The molecule has 1 aliphatic rings. The zero-order valence-electron chi connectivity index (χ0n) is 14.1. The Kier molecular flexibility index (Phi) is 5.34. The third-order valence-corrected chi connectivity index (χ3v) is 4.46. The van der Waals surface area contributed by atoms with Crippen molar-refractivity contribution in [3.63, 3.8) is 0 Å². The number of morpholine rings is 1. The van der Waals surface area contributed by atoms with Crippen LogP contribution < -0.4 is 10.2 Å². The van der Waals surface area contributed by atoms with E-state index in [2.05, 4.69) is 20.2 Å². The van der Waals surface area contributed by atoms with Crippen LogP contribution in [-0.4, -0.2) is 47.5 Å². The van der Waals surface area contributed by atoms with Gasteiger partial charge in [-0.2, -0.15) is 0 Å². The maximum Gasteiger partial charge on any atom is 0.292 e. The fourth-order valence-electron chi connectivity index (χ4n) is 2.62. The van der Waals surface area contributed by atoms with Crippen LogP contribution in [0.5, 0.6) is 0 Å². The molecule has 1 aliphatic heterocycles. The van der Waals surface area contributed by atoms with Crippen LogP contribution in [0.4, 0.5) is 23.0 Å². The standard InChI is InChI=1S/C16H19N5O3S/c1-11-4-3-5-12(21(22)23)15(11)17-13-10-14(19-16(18-13)25-2)20-6-8-24-9-7-20/h3-5,10H,6-9H2,1-2H3,(H,17,18,19). The summed E-state index contributed by atoms with van der Waals surface area (Å²) in [5.41, 5.74) is 1.26. The number of nitrogens with one attached hydrogen (secondary N) is 1. The van der Waals surface area contributed by atoms with Gasteiger partial charge in [-0.3, -0.25) is 10.1 Å². The molecule has 1 fully saturated rings. The van der Waals surface area contributed by atoms with Crippen molar-refractivity contribution in [3.05, 3.63) is 39.9 Å². The highest BCUT2D eigenvalue weighted by molar-refractivity contribution is 7.98. The zero-order chi connectivity index (χ0) is 17.8. The first-order chi connectivity index (χ1) is 12.1. The summed E-state index contributed by atoms with van der Waals surface area (Å²) in [5.74, 6) is 1.33. The molecule has 0 saturated carbocycles. The number of anilines is 3. The highest BCUT2D eigenvalue weighted by atomic mass is 32.2. The molecule has 9 heteroatoms. The molecule has 0 radical (unpaired) electrons. The van der Waals surface area contributed by atoms with E-state index in [1.165, 1.54) is 17.8 Å². The van der Waals surface area contributed by atoms with Crippen LogP contribution in [0.1, 0.15) is 5.56 Å². The smallest absolute Gasteiger partial charge is 0.292 e. The van der Waals surface area contributed by atoms with Crippen LogP contribution in [0.2, 0.25) is 0 Å². The summed E-state index contributed by atoms with van der Waals surface area (Å²) in [7, 11) is 0. The highest BCUT2D eigenvalue weighted by Gasteiger charge is 2.19. The van der Waals surface area contributed by atoms with Crippen molar-refractivity contribution in [2.75, 3.05) is 42.8 Å². The second-order valence-electron chi connectivity index (χ2n) is 5.55. The SMILES string of the molecule is CSc1nc(Nc2c(C)cccc2[N+](=O)[O-])cc(N2CCOCC2)n1. The van der Waals surface area contributed by atoms with Gasteiger partial charge in [-0.05, 0) is 18.7 Å². The number of rotatable bonds is 5. The molecule has 0 bridgehead atoms. The molecule has 1 aromatic carbocycles. The van der Waals surface area contributed by atoms with Gasteiger partial charge in [0.15, 0.2) is 5.16 Å². The van der Waals surface area contributed by atoms with Crippen LogP contribution in [0.25, 0.3) is 0 Å². The van der Waals surface area contributed by atoms with E-state index in [-0.39, 0.29) is 5.69 Å². The lowest BCUT2D eigenvalue weighted by molar-refractivity contribution is -0.384. The Bertz CT molecular complexity index is 780. The minimum atomic E-state index is -0.394. The van der Waals surface area contributed by atoms with Crippen LogP contribution in [0.3, 0.4) is 0 Å². The summed E-state index contributed by atoms with van der Waals surface area (Å²) in [6, 6.07) is 6.80. The first-order valence-electron chi connectivity index (χ1n) is 7.85. The predicted octanol–water partition coefficient (Wildman–Crippen LogP) is 3.00. The maximum atomic E-state index is 11.3. The number of benzene rings is 1. The second kappa shape index (κ2) is 7.66. The van der Waals surface area contributed by atoms with E-state index in [4.69, 9.17) is 4.74 Å². The number of aromatic nitrogens is 2. The van der Waals surface area contributed by atoms with Crippen molar-refractivity contribution in [1.82, 2.24) is 9.97 Å². The van der Waals surface area contributed by atoms with Crippen LogP contribution in [0.15, 0.2) is 29.4 Å². The average Bonchev–Trinajstić information content (AvgIpc) is 2.63. The van der Waals surface area contributed by atoms with Crippen molar-refractivity contribution in [3.8, 4) is 0 Å². The molecule has 132 valence electrons. The molecule has 0 atom stereocenters. The topological polar surface area (TPSA) is 93.4 Å². The average molecular weight is 361 g/mol. The van der Waals surface area contributed by atoms with E-state index in [0.717, 1.165) is 24.5 Å². The molecule has 25 heavy (non-hydrogen) atoms. The van der Waals surface area contributed by atoms with Crippen LogP contribution >= 0.6 is 11.8 Å². The van der Waals surface area contributed by atoms with Gasteiger partial charge in [0.25, 0.3) is 5.69 Å². The summed E-state index contributed by atoms with van der Waals surface area (Å²) >= 11 is 1.43. The molecular weight excluding hydrogens is 342 g/mol. The van der Waals surface area contributed by atoms with E-state index in [1.54, 1.807) is 6.07 Å². The number of nitro benzene ring substituents is 1. The summed E-state index contributed by atoms with van der Waals surface area (Å²) in [5, 5.41) is 15.0. The lowest BCUT2D eigenvalue weighted by atomic mass is 10.1. The molecule has 8 nitrogen and oxygen atoms in total. The molecular formula is C16H19N5O3S. The van der Waals surface area contributed by atoms with Gasteiger partial charge in [-0.15, -0.1) is 0 Å². The van der Waals surface area contributed by atoms with E-state index in [9.17, 15) is 10.1 Å². The Hall–Kier alpha value is -2.39. The first kappa shape index (κ1) is 17.4. The fraction of sp³-hybridized carbons (Fsp3) is 0.375. The summed E-state index contributed by atoms with van der Waals surface area (Å²) in [6.07, 6.45) is 1.90. The molecule has 0 unspecified atom stereocenters. The number of hydrogen-bond acceptors (Lipinski definition) is 8. The Balaban J connectivity index is 1.96. The van der Waals surface area contributed by atoms with Gasteiger partial charge in [0.1, 0.15) is 17.3 Å². The number of ether oxygens (including phenoxy) is 1. The quantitative estimate of drug-likeness (QED) is 0.376. The van der Waals surface area contributed by atoms with Crippen LogP contribution in [-0.2, 0) is 4.74 Å². The second-order valence-corrected chi connectivity index (χ2v) is 6.32. The van der Waals surface area contributed by atoms with Gasteiger partial charge in [0, 0.05) is 25.2 Å². The number of hydrogen-bond donors (Lipinski definition) is 1. The molecule has 3 rings (SSSR count). The molecule has 1 saturated heterocycles. The Morgan fingerprint density at radius 3 is 2.76 bits per heavy atom. The number of thioether (sulfide) groups is 1. The van der Waals surface area contributed by atoms with E-state index in [0.29, 0.717) is 29.9 Å². The van der Waals surface area contributed by atoms with Gasteiger partial charge in [0.2, 0.25) is 0 Å². The van der Waals surface area contributed by atoms with Gasteiger partial charge in [0.05, 0.1) is 18.1 Å². The minimum Gasteiger partial charge on any atom is -0.378 e. The van der Waals surface area contributed by atoms with E-state index < -0.39 is 4.92 Å². The molecule has 0 amide bonds. The third-order valence-electron chi connectivity index (χ3n) is 3.91. The van der Waals surface area contributed by atoms with Gasteiger partial charge in [-0.25, -0.2) is 9.97 Å². The molecule has 1 aromatic heterocycles. The molecule has 0 spiro atoms. The molecule has 2 heterocycles. The largest absolute Gasteiger partial charge is 0.378 e. The monoisotopic (exact) mass is 361 g/mol. The summed E-state index contributed by atoms with van der Waals surface area (Å²) in [6.45, 7) is 4.66. The lowest BCUT2D eigenvalue weighted by Crippen LogP contribution is -2.36. The maximum absolute atomic E-state index is 11.3. The van der Waals surface area contributed by atoms with E-state index >= 15 is 0 Å².